The Morgan fingerprint density at radius 3 is 3.09 bits per heavy atom. The fourth-order valence-corrected chi connectivity index (χ4v) is 1.34. The molecule has 1 saturated heterocycles. The number of hydrogen-bond donors (Lipinski definition) is 1. The molecule has 2 rings (SSSR count). The van der Waals surface area contributed by atoms with Gasteiger partial charge in [0.15, 0.2) is 5.82 Å². The monoisotopic (exact) mass is 153 g/mol. The molecule has 1 aliphatic rings. The van der Waals surface area contributed by atoms with Crippen LogP contribution < -0.4 is 5.32 Å². The lowest BCUT2D eigenvalue weighted by Gasteiger charge is -2.01. The molecule has 1 aliphatic heterocycles. The van der Waals surface area contributed by atoms with Crippen LogP contribution in [0, 0.1) is 0 Å². The van der Waals surface area contributed by atoms with Crippen molar-refractivity contribution in [1.82, 2.24) is 25.5 Å². The molecular weight excluding hydrogens is 142 g/mol. The Morgan fingerprint density at radius 1 is 1.64 bits per heavy atom. The summed E-state index contributed by atoms with van der Waals surface area (Å²) in [6.07, 6.45) is 2.34. The fraction of sp³-hybridized carbons (Fsp3) is 0.833. The molecule has 5 heteroatoms. The zero-order valence-electron chi connectivity index (χ0n) is 6.49. The lowest BCUT2D eigenvalue weighted by Crippen LogP contribution is -2.14. The minimum Gasteiger partial charge on any atom is -0.307 e. The SMILES string of the molecule is Cn1nnc(C2CCCN2)n1. The quantitative estimate of drug-likeness (QED) is 0.598. The second-order valence-corrected chi connectivity index (χ2v) is 2.79. The van der Waals surface area contributed by atoms with E-state index < -0.39 is 0 Å². The standard InChI is InChI=1S/C6H11N5/c1-11-9-6(8-10-11)5-3-2-4-7-5/h5,7H,2-4H2,1H3. The van der Waals surface area contributed by atoms with Crippen LogP contribution in [0.3, 0.4) is 0 Å². The molecule has 0 radical (unpaired) electrons. The average molecular weight is 153 g/mol. The van der Waals surface area contributed by atoms with Crippen LogP contribution in [-0.4, -0.2) is 26.8 Å². The van der Waals surface area contributed by atoms with Gasteiger partial charge in [0.2, 0.25) is 0 Å². The Balaban J connectivity index is 2.15. The number of tetrazole rings is 1. The summed E-state index contributed by atoms with van der Waals surface area (Å²) < 4.78 is 0. The van der Waals surface area contributed by atoms with Crippen molar-refractivity contribution >= 4 is 0 Å². The number of rotatable bonds is 1. The highest BCUT2D eigenvalue weighted by atomic mass is 15.6. The zero-order valence-corrected chi connectivity index (χ0v) is 6.49. The molecule has 2 heterocycles. The van der Waals surface area contributed by atoms with Crippen LogP contribution in [0.4, 0.5) is 0 Å². The summed E-state index contributed by atoms with van der Waals surface area (Å²) >= 11 is 0. The maximum atomic E-state index is 4.12. The Bertz CT molecular complexity index is 237. The molecule has 1 aromatic rings. The predicted octanol–water partition coefficient (Wildman–Crippen LogP) is -0.365. The van der Waals surface area contributed by atoms with E-state index >= 15 is 0 Å². The molecule has 0 amide bonds. The van der Waals surface area contributed by atoms with Gasteiger partial charge in [-0.2, -0.15) is 4.80 Å². The first-order valence-electron chi connectivity index (χ1n) is 3.83. The number of nitrogens with zero attached hydrogens (tertiary/aromatic N) is 4. The smallest absolute Gasteiger partial charge is 0.191 e. The van der Waals surface area contributed by atoms with Crippen molar-refractivity contribution < 1.29 is 0 Å². The van der Waals surface area contributed by atoms with Gasteiger partial charge in [0.1, 0.15) is 0 Å². The van der Waals surface area contributed by atoms with E-state index in [4.69, 9.17) is 0 Å². The molecule has 1 unspecified atom stereocenters. The molecule has 1 aromatic heterocycles. The van der Waals surface area contributed by atoms with E-state index in [9.17, 15) is 0 Å². The van der Waals surface area contributed by atoms with Gasteiger partial charge in [-0.1, -0.05) is 0 Å². The van der Waals surface area contributed by atoms with Crippen LogP contribution in [-0.2, 0) is 7.05 Å². The van der Waals surface area contributed by atoms with Crippen molar-refractivity contribution in [2.75, 3.05) is 6.54 Å². The highest BCUT2D eigenvalue weighted by Gasteiger charge is 2.19. The number of nitrogens with one attached hydrogen (secondary N) is 1. The van der Waals surface area contributed by atoms with E-state index in [0.717, 1.165) is 18.8 Å². The third-order valence-corrected chi connectivity index (χ3v) is 1.90. The lowest BCUT2D eigenvalue weighted by molar-refractivity contribution is 0.589. The molecule has 60 valence electrons. The van der Waals surface area contributed by atoms with E-state index in [1.807, 2.05) is 0 Å². The highest BCUT2D eigenvalue weighted by Crippen LogP contribution is 2.18. The van der Waals surface area contributed by atoms with E-state index in [1.54, 1.807) is 7.05 Å². The number of hydrogen-bond acceptors (Lipinski definition) is 4. The van der Waals surface area contributed by atoms with E-state index in [0.29, 0.717) is 6.04 Å². The van der Waals surface area contributed by atoms with Gasteiger partial charge in [-0.25, -0.2) is 0 Å². The summed E-state index contributed by atoms with van der Waals surface area (Å²) in [5.74, 6) is 0.824. The molecule has 1 fully saturated rings. The summed E-state index contributed by atoms with van der Waals surface area (Å²) in [5.41, 5.74) is 0. The summed E-state index contributed by atoms with van der Waals surface area (Å²) in [4.78, 5) is 1.50. The first-order valence-corrected chi connectivity index (χ1v) is 3.83. The van der Waals surface area contributed by atoms with E-state index in [2.05, 4.69) is 20.7 Å². The average Bonchev–Trinajstić information content (AvgIpc) is 2.55. The number of aryl methyl sites for hydroxylation is 1. The van der Waals surface area contributed by atoms with Gasteiger partial charge in [-0.05, 0) is 24.6 Å². The van der Waals surface area contributed by atoms with Crippen LogP contribution in [0.5, 0.6) is 0 Å². The van der Waals surface area contributed by atoms with Gasteiger partial charge >= 0.3 is 0 Å². The van der Waals surface area contributed by atoms with Gasteiger partial charge in [0.05, 0.1) is 13.1 Å². The molecule has 1 N–H and O–H groups in total. The second kappa shape index (κ2) is 2.58. The van der Waals surface area contributed by atoms with Crippen molar-refractivity contribution in [3.8, 4) is 0 Å². The van der Waals surface area contributed by atoms with Crippen molar-refractivity contribution in [3.05, 3.63) is 5.82 Å². The first kappa shape index (κ1) is 6.72. The topological polar surface area (TPSA) is 55.6 Å². The predicted molar refractivity (Wildman–Crippen MR) is 38.8 cm³/mol. The minimum atomic E-state index is 0.337. The van der Waals surface area contributed by atoms with Gasteiger partial charge in [-0.3, -0.25) is 0 Å². The molecule has 1 atom stereocenters. The van der Waals surface area contributed by atoms with Crippen LogP contribution in [0.25, 0.3) is 0 Å². The molecular formula is C6H11N5. The molecule has 0 saturated carbocycles. The Morgan fingerprint density at radius 2 is 2.55 bits per heavy atom. The Hall–Kier alpha value is -0.970. The van der Waals surface area contributed by atoms with Crippen LogP contribution in [0.15, 0.2) is 0 Å². The summed E-state index contributed by atoms with van der Waals surface area (Å²) in [6.45, 7) is 1.07. The molecule has 0 aliphatic carbocycles. The van der Waals surface area contributed by atoms with Crippen molar-refractivity contribution in [2.45, 2.75) is 18.9 Å². The Kier molecular flexibility index (Phi) is 1.58. The largest absolute Gasteiger partial charge is 0.307 e. The molecule has 0 spiro atoms. The number of aromatic nitrogens is 4. The van der Waals surface area contributed by atoms with Crippen molar-refractivity contribution in [3.63, 3.8) is 0 Å². The van der Waals surface area contributed by atoms with Crippen LogP contribution in [0.1, 0.15) is 24.7 Å². The lowest BCUT2D eigenvalue weighted by atomic mass is 10.2. The third-order valence-electron chi connectivity index (χ3n) is 1.90. The first-order chi connectivity index (χ1) is 5.36. The van der Waals surface area contributed by atoms with Gasteiger partial charge < -0.3 is 5.32 Å². The Labute approximate surface area is 64.8 Å². The van der Waals surface area contributed by atoms with Crippen molar-refractivity contribution in [1.29, 1.82) is 0 Å². The maximum absolute atomic E-state index is 4.12. The second-order valence-electron chi connectivity index (χ2n) is 2.79. The summed E-state index contributed by atoms with van der Waals surface area (Å²) in [6, 6.07) is 0.337. The van der Waals surface area contributed by atoms with Gasteiger partial charge in [0, 0.05) is 0 Å². The third kappa shape index (κ3) is 1.23. The van der Waals surface area contributed by atoms with Gasteiger partial charge in [0.25, 0.3) is 0 Å². The van der Waals surface area contributed by atoms with E-state index in [-0.39, 0.29) is 0 Å². The summed E-state index contributed by atoms with van der Waals surface area (Å²) in [7, 11) is 1.78. The zero-order chi connectivity index (χ0) is 7.68. The molecule has 0 bridgehead atoms. The van der Waals surface area contributed by atoms with Gasteiger partial charge in [-0.15, -0.1) is 10.2 Å². The van der Waals surface area contributed by atoms with Crippen molar-refractivity contribution in [2.24, 2.45) is 7.05 Å². The fourth-order valence-electron chi connectivity index (χ4n) is 1.34. The molecule has 11 heavy (non-hydrogen) atoms. The highest BCUT2D eigenvalue weighted by molar-refractivity contribution is 4.92. The maximum Gasteiger partial charge on any atom is 0.191 e. The normalized spacial score (nSPS) is 24.3. The summed E-state index contributed by atoms with van der Waals surface area (Å²) in [5, 5.41) is 15.1. The minimum absolute atomic E-state index is 0.337. The van der Waals surface area contributed by atoms with Crippen LogP contribution in [0.2, 0.25) is 0 Å². The molecule has 0 aromatic carbocycles. The van der Waals surface area contributed by atoms with Crippen LogP contribution >= 0.6 is 0 Å². The van der Waals surface area contributed by atoms with E-state index in [1.165, 1.54) is 11.2 Å². The molecule has 5 nitrogen and oxygen atoms in total.